The Bertz CT molecular complexity index is 873. The van der Waals surface area contributed by atoms with Crippen molar-refractivity contribution in [3.8, 4) is 28.8 Å². The maximum absolute atomic E-state index is 9.98. The third-order valence-electron chi connectivity index (χ3n) is 3.12. The molecule has 5 heteroatoms. The highest BCUT2D eigenvalue weighted by Crippen LogP contribution is 2.32. The molecule has 0 aliphatic rings. The molecule has 1 aromatic heterocycles. The molecule has 0 unspecified atom stereocenters. The molecule has 4 nitrogen and oxygen atoms in total. The molecule has 0 fully saturated rings. The lowest BCUT2D eigenvalue weighted by Crippen LogP contribution is -1.85. The Morgan fingerprint density at radius 3 is 2.64 bits per heavy atom. The number of H-pyrrole nitrogens is 1. The number of nitrogens with one attached hydrogen (secondary N) is 1. The summed E-state index contributed by atoms with van der Waals surface area (Å²) < 4.78 is 0. The Labute approximate surface area is 132 Å². The standard InChI is InChI=1S/C17H12ClN3O/c18-13-5-8-16(22)15(9-13)17-12(10-20-21-17)4-1-11-2-6-14(19)7-3-11/h2-3,5-10,22H,19H2,(H,20,21). The molecule has 0 saturated heterocycles. The number of nitrogens with zero attached hydrogens (tertiary/aromatic N) is 1. The SMILES string of the molecule is Nc1ccc(C#Cc2cn[nH]c2-c2cc(Cl)ccc2O)cc1. The van der Waals surface area contributed by atoms with E-state index in [2.05, 4.69) is 22.0 Å². The summed E-state index contributed by atoms with van der Waals surface area (Å²) in [6.45, 7) is 0. The monoisotopic (exact) mass is 309 g/mol. The van der Waals surface area contributed by atoms with Crippen LogP contribution >= 0.6 is 11.6 Å². The van der Waals surface area contributed by atoms with Gasteiger partial charge in [-0.15, -0.1) is 0 Å². The van der Waals surface area contributed by atoms with Crippen LogP contribution in [0.3, 0.4) is 0 Å². The summed E-state index contributed by atoms with van der Waals surface area (Å²) in [6.07, 6.45) is 1.61. The van der Waals surface area contributed by atoms with Gasteiger partial charge in [0, 0.05) is 21.8 Å². The topological polar surface area (TPSA) is 74.9 Å². The highest BCUT2D eigenvalue weighted by atomic mass is 35.5. The van der Waals surface area contributed by atoms with Crippen molar-refractivity contribution in [3.05, 3.63) is 64.8 Å². The second-order valence-electron chi connectivity index (χ2n) is 4.69. The number of hydrogen-bond donors (Lipinski definition) is 3. The fraction of sp³-hybridized carbons (Fsp3) is 0. The van der Waals surface area contributed by atoms with Crippen molar-refractivity contribution in [1.82, 2.24) is 10.2 Å². The first-order valence-electron chi connectivity index (χ1n) is 6.53. The zero-order chi connectivity index (χ0) is 15.5. The van der Waals surface area contributed by atoms with Gasteiger partial charge in [-0.25, -0.2) is 0 Å². The van der Waals surface area contributed by atoms with Gasteiger partial charge in [-0.1, -0.05) is 23.4 Å². The molecule has 3 rings (SSSR count). The minimum atomic E-state index is 0.115. The number of hydrogen-bond acceptors (Lipinski definition) is 3. The summed E-state index contributed by atoms with van der Waals surface area (Å²) in [5.41, 5.74) is 9.05. The number of nitrogen functional groups attached to an aromatic ring is 1. The molecule has 0 aliphatic carbocycles. The fourth-order valence-corrected chi connectivity index (χ4v) is 2.17. The highest BCUT2D eigenvalue weighted by Gasteiger charge is 2.11. The number of rotatable bonds is 1. The lowest BCUT2D eigenvalue weighted by Gasteiger charge is -2.03. The van der Waals surface area contributed by atoms with Crippen molar-refractivity contribution in [3.63, 3.8) is 0 Å². The minimum absolute atomic E-state index is 0.115. The molecule has 0 bridgehead atoms. The summed E-state index contributed by atoms with van der Waals surface area (Å²) in [4.78, 5) is 0. The predicted molar refractivity (Wildman–Crippen MR) is 87.5 cm³/mol. The predicted octanol–water partition coefficient (Wildman–Crippen LogP) is 3.42. The van der Waals surface area contributed by atoms with Crippen LogP contribution in [0.5, 0.6) is 5.75 Å². The summed E-state index contributed by atoms with van der Waals surface area (Å²) in [5.74, 6) is 6.19. The molecular weight excluding hydrogens is 298 g/mol. The zero-order valence-corrected chi connectivity index (χ0v) is 12.2. The van der Waals surface area contributed by atoms with E-state index in [0.717, 1.165) is 5.56 Å². The fourth-order valence-electron chi connectivity index (χ4n) is 2.00. The van der Waals surface area contributed by atoms with E-state index in [9.17, 15) is 5.11 Å². The molecule has 0 spiro atoms. The Morgan fingerprint density at radius 2 is 1.86 bits per heavy atom. The number of nitrogens with two attached hydrogens (primary N) is 1. The van der Waals surface area contributed by atoms with Gasteiger partial charge in [-0.2, -0.15) is 5.10 Å². The second-order valence-corrected chi connectivity index (χ2v) is 5.13. The number of phenolic OH excluding ortho intramolecular Hbond substituents is 1. The quantitative estimate of drug-likeness (QED) is 0.476. The van der Waals surface area contributed by atoms with Gasteiger partial charge in [-0.3, -0.25) is 5.10 Å². The largest absolute Gasteiger partial charge is 0.507 e. The van der Waals surface area contributed by atoms with Gasteiger partial charge in [0.25, 0.3) is 0 Å². The van der Waals surface area contributed by atoms with E-state index in [4.69, 9.17) is 17.3 Å². The summed E-state index contributed by atoms with van der Waals surface area (Å²) in [6, 6.07) is 12.1. The summed E-state index contributed by atoms with van der Waals surface area (Å²) in [7, 11) is 0. The van der Waals surface area contributed by atoms with Crippen molar-refractivity contribution >= 4 is 17.3 Å². The molecule has 108 valence electrons. The van der Waals surface area contributed by atoms with Crippen molar-refractivity contribution in [2.24, 2.45) is 0 Å². The van der Waals surface area contributed by atoms with Gasteiger partial charge in [-0.05, 0) is 42.5 Å². The van der Waals surface area contributed by atoms with Crippen LogP contribution in [-0.2, 0) is 0 Å². The molecule has 1 heterocycles. The summed E-state index contributed by atoms with van der Waals surface area (Å²) >= 11 is 5.98. The van der Waals surface area contributed by atoms with Crippen LogP contribution in [0, 0.1) is 11.8 Å². The number of aromatic hydroxyl groups is 1. The Kier molecular flexibility index (Phi) is 3.73. The number of aromatic amines is 1. The van der Waals surface area contributed by atoms with Crippen molar-refractivity contribution in [2.45, 2.75) is 0 Å². The van der Waals surface area contributed by atoms with Crippen LogP contribution in [0.4, 0.5) is 5.69 Å². The Morgan fingerprint density at radius 1 is 1.09 bits per heavy atom. The van der Waals surface area contributed by atoms with E-state index in [1.54, 1.807) is 30.5 Å². The van der Waals surface area contributed by atoms with Crippen LogP contribution < -0.4 is 5.73 Å². The second kappa shape index (κ2) is 5.84. The molecule has 22 heavy (non-hydrogen) atoms. The smallest absolute Gasteiger partial charge is 0.125 e. The van der Waals surface area contributed by atoms with Crippen LogP contribution in [0.15, 0.2) is 48.7 Å². The van der Waals surface area contributed by atoms with Crippen molar-refractivity contribution in [1.29, 1.82) is 0 Å². The van der Waals surface area contributed by atoms with Crippen molar-refractivity contribution in [2.75, 3.05) is 5.73 Å². The summed E-state index contributed by atoms with van der Waals surface area (Å²) in [5, 5.41) is 17.3. The molecule has 3 aromatic rings. The van der Waals surface area contributed by atoms with E-state index in [0.29, 0.717) is 27.5 Å². The molecule has 2 aromatic carbocycles. The van der Waals surface area contributed by atoms with Crippen molar-refractivity contribution < 1.29 is 5.11 Å². The third kappa shape index (κ3) is 2.90. The maximum Gasteiger partial charge on any atom is 0.125 e. The van der Waals surface area contributed by atoms with Crippen LogP contribution in [0.25, 0.3) is 11.3 Å². The normalized spacial score (nSPS) is 10.0. The van der Waals surface area contributed by atoms with Crippen LogP contribution in [-0.4, -0.2) is 15.3 Å². The lowest BCUT2D eigenvalue weighted by atomic mass is 10.1. The number of anilines is 1. The lowest BCUT2D eigenvalue weighted by molar-refractivity contribution is 0.477. The number of benzene rings is 2. The van der Waals surface area contributed by atoms with E-state index in [1.165, 1.54) is 6.07 Å². The van der Waals surface area contributed by atoms with E-state index < -0.39 is 0 Å². The van der Waals surface area contributed by atoms with Gasteiger partial charge < -0.3 is 10.8 Å². The zero-order valence-electron chi connectivity index (χ0n) is 11.5. The van der Waals surface area contributed by atoms with Gasteiger partial charge in [0.2, 0.25) is 0 Å². The van der Waals surface area contributed by atoms with Gasteiger partial charge >= 0.3 is 0 Å². The van der Waals surface area contributed by atoms with E-state index in [-0.39, 0.29) is 5.75 Å². The number of halogens is 1. The van der Waals surface area contributed by atoms with E-state index >= 15 is 0 Å². The molecule has 0 amide bonds. The maximum atomic E-state index is 9.98. The van der Waals surface area contributed by atoms with Gasteiger partial charge in [0.05, 0.1) is 17.5 Å². The highest BCUT2D eigenvalue weighted by molar-refractivity contribution is 6.31. The minimum Gasteiger partial charge on any atom is -0.507 e. The van der Waals surface area contributed by atoms with E-state index in [1.807, 2.05) is 12.1 Å². The van der Waals surface area contributed by atoms with Gasteiger partial charge in [0.1, 0.15) is 5.75 Å². The first-order chi connectivity index (χ1) is 10.6. The Hall–Kier alpha value is -2.90. The average molecular weight is 310 g/mol. The molecule has 0 atom stereocenters. The first kappa shape index (κ1) is 14.1. The third-order valence-corrected chi connectivity index (χ3v) is 3.35. The van der Waals surface area contributed by atoms with Crippen LogP contribution in [0.1, 0.15) is 11.1 Å². The molecular formula is C17H12ClN3O. The molecule has 4 N–H and O–H groups in total. The average Bonchev–Trinajstić information content (AvgIpc) is 2.97. The Balaban J connectivity index is 2.00. The molecule has 0 saturated carbocycles. The van der Waals surface area contributed by atoms with Gasteiger partial charge in [0.15, 0.2) is 0 Å². The van der Waals surface area contributed by atoms with Crippen LogP contribution in [0.2, 0.25) is 5.02 Å². The molecule has 0 radical (unpaired) electrons. The first-order valence-corrected chi connectivity index (χ1v) is 6.91. The number of phenols is 1. The molecule has 0 aliphatic heterocycles. The number of aromatic nitrogens is 2.